The summed E-state index contributed by atoms with van der Waals surface area (Å²) in [5, 5.41) is 23.8. The van der Waals surface area contributed by atoms with Gasteiger partial charge in [-0.05, 0) is 24.3 Å². The van der Waals surface area contributed by atoms with E-state index in [2.05, 4.69) is 0 Å². The number of fused-ring (bicyclic) bond motifs is 1. The van der Waals surface area contributed by atoms with Crippen molar-refractivity contribution < 1.29 is 14.3 Å². The normalized spacial score (nSPS) is 13.8. The zero-order valence-electron chi connectivity index (χ0n) is 9.54. The summed E-state index contributed by atoms with van der Waals surface area (Å²) in [6.07, 6.45) is 2.29. The minimum atomic E-state index is -0.461. The van der Waals surface area contributed by atoms with Crippen LogP contribution >= 0.6 is 11.6 Å². The van der Waals surface area contributed by atoms with E-state index in [1.54, 1.807) is 24.3 Å². The van der Waals surface area contributed by atoms with Gasteiger partial charge in [-0.25, -0.2) is 0 Å². The second-order valence-electron chi connectivity index (χ2n) is 4.08. The highest BCUT2D eigenvalue weighted by molar-refractivity contribution is 6.52. The van der Waals surface area contributed by atoms with Crippen molar-refractivity contribution in [2.75, 3.05) is 0 Å². The first-order valence-electron chi connectivity index (χ1n) is 5.45. The van der Waals surface area contributed by atoms with Crippen LogP contribution in [0.4, 0.5) is 5.69 Å². The molecule has 2 aromatic rings. The van der Waals surface area contributed by atoms with Gasteiger partial charge in [-0.3, -0.25) is 4.79 Å². The fourth-order valence-corrected chi connectivity index (χ4v) is 2.14. The van der Waals surface area contributed by atoms with Crippen LogP contribution in [0.1, 0.15) is 15.9 Å². The number of nitrogens with zero attached hydrogens (tertiary/aromatic N) is 2. The molecule has 1 aromatic heterocycles. The average molecular weight is 275 g/mol. The Labute approximate surface area is 113 Å². The van der Waals surface area contributed by atoms with E-state index in [0.717, 1.165) is 6.20 Å². The lowest BCUT2D eigenvalue weighted by Crippen LogP contribution is -2.26. The molecule has 0 amide bonds. The van der Waals surface area contributed by atoms with E-state index in [0.29, 0.717) is 20.1 Å². The lowest BCUT2D eigenvalue weighted by atomic mass is 10.0. The summed E-state index contributed by atoms with van der Waals surface area (Å²) in [5.41, 5.74) is 0.760. The number of ketones is 1. The SMILES string of the molecule is O=C1C(c2ccc(Cl)cc2)=[N+]([O-])c2cc[n+]([O-])cc21. The molecule has 19 heavy (non-hydrogen) atoms. The van der Waals surface area contributed by atoms with Crippen molar-refractivity contribution >= 4 is 28.8 Å². The molecule has 0 saturated carbocycles. The summed E-state index contributed by atoms with van der Waals surface area (Å²) in [5.74, 6) is -0.461. The number of rotatable bonds is 1. The molecule has 3 rings (SSSR count). The first-order chi connectivity index (χ1) is 9.08. The summed E-state index contributed by atoms with van der Waals surface area (Å²) in [6, 6.07) is 7.72. The maximum atomic E-state index is 12.2. The maximum absolute atomic E-state index is 12.2. The first-order valence-corrected chi connectivity index (χ1v) is 5.83. The quantitative estimate of drug-likeness (QED) is 0.588. The van der Waals surface area contributed by atoms with E-state index < -0.39 is 5.78 Å². The third-order valence-corrected chi connectivity index (χ3v) is 3.16. The van der Waals surface area contributed by atoms with Gasteiger partial charge in [0, 0.05) is 5.02 Å². The number of pyridine rings is 1. The fourth-order valence-electron chi connectivity index (χ4n) is 2.02. The predicted molar refractivity (Wildman–Crippen MR) is 68.6 cm³/mol. The molecule has 0 atom stereocenters. The van der Waals surface area contributed by atoms with Crippen molar-refractivity contribution in [3.63, 3.8) is 0 Å². The third kappa shape index (κ3) is 1.75. The molecule has 1 aliphatic heterocycles. The van der Waals surface area contributed by atoms with Crippen LogP contribution in [0, 0.1) is 10.4 Å². The summed E-state index contributed by atoms with van der Waals surface area (Å²) in [7, 11) is 0. The van der Waals surface area contributed by atoms with Gasteiger partial charge < -0.3 is 10.4 Å². The second kappa shape index (κ2) is 4.07. The average Bonchev–Trinajstić information content (AvgIpc) is 2.63. The summed E-state index contributed by atoms with van der Waals surface area (Å²) in [6.45, 7) is 0. The standard InChI is InChI=1S/C13H7ClN2O3/c14-9-3-1-8(2-4-9)12-13(17)10-7-15(18)6-5-11(10)16(12)19/h1-7H. The Morgan fingerprint density at radius 3 is 2.42 bits per heavy atom. The fraction of sp³-hybridized carbons (Fsp3) is 0. The molecule has 94 valence electrons. The highest BCUT2D eigenvalue weighted by Crippen LogP contribution is 2.26. The molecular formula is C13H7ClN2O3. The number of hydrogen-bond acceptors (Lipinski definition) is 3. The first kappa shape index (κ1) is 11.7. The minimum Gasteiger partial charge on any atom is -0.619 e. The molecule has 1 aliphatic rings. The van der Waals surface area contributed by atoms with Gasteiger partial charge in [0.1, 0.15) is 0 Å². The highest BCUT2D eigenvalue weighted by Gasteiger charge is 2.38. The van der Waals surface area contributed by atoms with Crippen LogP contribution in [0.3, 0.4) is 0 Å². The minimum absolute atomic E-state index is 0.00198. The number of benzene rings is 1. The molecule has 0 fully saturated rings. The van der Waals surface area contributed by atoms with Crippen LogP contribution in [0.15, 0.2) is 42.7 Å². The van der Waals surface area contributed by atoms with E-state index >= 15 is 0 Å². The molecule has 0 bridgehead atoms. The Morgan fingerprint density at radius 1 is 1.05 bits per heavy atom. The Kier molecular flexibility index (Phi) is 2.50. The summed E-state index contributed by atoms with van der Waals surface area (Å²) < 4.78 is 1.04. The van der Waals surface area contributed by atoms with Crippen LogP contribution in [-0.4, -0.2) is 16.2 Å². The molecule has 0 N–H and O–H groups in total. The maximum Gasteiger partial charge on any atom is 0.273 e. The molecule has 0 saturated heterocycles. The smallest absolute Gasteiger partial charge is 0.273 e. The molecule has 0 unspecified atom stereocenters. The monoisotopic (exact) mass is 274 g/mol. The molecule has 0 radical (unpaired) electrons. The number of aromatic nitrogens is 1. The van der Waals surface area contributed by atoms with Crippen molar-refractivity contribution in [2.45, 2.75) is 0 Å². The number of carbonyl (C=O) groups excluding carboxylic acids is 1. The number of hydrogen-bond donors (Lipinski definition) is 0. The van der Waals surface area contributed by atoms with Crippen LogP contribution in [0.5, 0.6) is 0 Å². The zero-order valence-corrected chi connectivity index (χ0v) is 10.3. The van der Waals surface area contributed by atoms with Crippen molar-refractivity contribution in [3.05, 3.63) is 69.3 Å². The van der Waals surface area contributed by atoms with Crippen LogP contribution in [-0.2, 0) is 0 Å². The number of carbonyl (C=O) groups is 1. The molecule has 0 spiro atoms. The topological polar surface area (TPSA) is 70.1 Å². The van der Waals surface area contributed by atoms with Gasteiger partial charge in [0.05, 0.1) is 11.6 Å². The van der Waals surface area contributed by atoms with E-state index in [9.17, 15) is 15.2 Å². The van der Waals surface area contributed by atoms with E-state index in [1.807, 2.05) is 0 Å². The second-order valence-corrected chi connectivity index (χ2v) is 4.52. The Morgan fingerprint density at radius 2 is 1.74 bits per heavy atom. The highest BCUT2D eigenvalue weighted by atomic mass is 35.5. The number of halogens is 1. The molecule has 2 heterocycles. The molecule has 5 nitrogen and oxygen atoms in total. The lowest BCUT2D eigenvalue weighted by molar-refractivity contribution is -0.606. The Bertz CT molecular complexity index is 723. The van der Waals surface area contributed by atoms with Crippen molar-refractivity contribution in [1.82, 2.24) is 0 Å². The summed E-state index contributed by atoms with van der Waals surface area (Å²) in [4.78, 5) is 12.2. The van der Waals surface area contributed by atoms with Gasteiger partial charge in [-0.15, -0.1) is 0 Å². The Balaban J connectivity index is 2.17. The van der Waals surface area contributed by atoms with E-state index in [-0.39, 0.29) is 17.0 Å². The van der Waals surface area contributed by atoms with Gasteiger partial charge in [-0.2, -0.15) is 9.47 Å². The predicted octanol–water partition coefficient (Wildman–Crippen LogP) is 1.80. The van der Waals surface area contributed by atoms with Crippen molar-refractivity contribution in [1.29, 1.82) is 0 Å². The molecular weight excluding hydrogens is 268 g/mol. The molecule has 6 heteroatoms. The van der Waals surface area contributed by atoms with E-state index in [1.165, 1.54) is 12.3 Å². The van der Waals surface area contributed by atoms with Gasteiger partial charge >= 0.3 is 0 Å². The van der Waals surface area contributed by atoms with E-state index in [4.69, 9.17) is 11.6 Å². The van der Waals surface area contributed by atoms with Crippen molar-refractivity contribution in [2.24, 2.45) is 0 Å². The largest absolute Gasteiger partial charge is 0.619 e. The van der Waals surface area contributed by atoms with Crippen molar-refractivity contribution in [3.8, 4) is 0 Å². The van der Waals surface area contributed by atoms with Crippen LogP contribution in [0.25, 0.3) is 0 Å². The van der Waals surface area contributed by atoms with Gasteiger partial charge in [-0.1, -0.05) is 11.6 Å². The third-order valence-electron chi connectivity index (χ3n) is 2.91. The Hall–Kier alpha value is -2.40. The van der Waals surface area contributed by atoms with Gasteiger partial charge in [0.15, 0.2) is 18.0 Å². The summed E-state index contributed by atoms with van der Waals surface area (Å²) >= 11 is 5.77. The zero-order chi connectivity index (χ0) is 13.6. The van der Waals surface area contributed by atoms with Crippen LogP contribution in [0.2, 0.25) is 5.02 Å². The van der Waals surface area contributed by atoms with Gasteiger partial charge in [0.2, 0.25) is 5.69 Å². The number of Topliss-reactive ketones (excluding diaryl/α,β-unsaturated/α-hetero) is 1. The molecule has 0 aliphatic carbocycles. The lowest BCUT2D eigenvalue weighted by Gasteiger charge is -2.01. The van der Waals surface area contributed by atoms with Crippen LogP contribution < -0.4 is 4.73 Å². The molecule has 1 aromatic carbocycles. The van der Waals surface area contributed by atoms with Gasteiger partial charge in [0.25, 0.3) is 11.5 Å².